The fourth-order valence-electron chi connectivity index (χ4n) is 3.90. The zero-order valence-electron chi connectivity index (χ0n) is 17.8. The van der Waals surface area contributed by atoms with Crippen molar-refractivity contribution >= 4 is 21.6 Å². The van der Waals surface area contributed by atoms with Gasteiger partial charge in [-0.05, 0) is 55.6 Å². The lowest BCUT2D eigenvalue weighted by molar-refractivity contribution is -0.122. The summed E-state index contributed by atoms with van der Waals surface area (Å²) in [4.78, 5) is 15.3. The van der Waals surface area contributed by atoms with Crippen molar-refractivity contribution in [2.75, 3.05) is 23.7 Å². The van der Waals surface area contributed by atoms with Crippen molar-refractivity contribution in [3.63, 3.8) is 0 Å². The maximum Gasteiger partial charge on any atom is 0.244 e. The molecule has 3 rings (SSSR count). The Bertz CT molecular complexity index is 924. The molecule has 30 heavy (non-hydrogen) atoms. The maximum atomic E-state index is 12.9. The van der Waals surface area contributed by atoms with Crippen LogP contribution in [0.15, 0.2) is 54.6 Å². The van der Waals surface area contributed by atoms with Crippen molar-refractivity contribution in [3.8, 4) is 0 Å². The molecule has 0 aliphatic carbocycles. The first kappa shape index (κ1) is 22.3. The van der Waals surface area contributed by atoms with Crippen LogP contribution in [0.25, 0.3) is 0 Å². The topological polar surface area (TPSA) is 69.7 Å². The van der Waals surface area contributed by atoms with Gasteiger partial charge in [0.2, 0.25) is 15.9 Å². The Hall–Kier alpha value is -2.38. The van der Waals surface area contributed by atoms with E-state index < -0.39 is 16.1 Å². The molecule has 2 aromatic carbocycles. The van der Waals surface area contributed by atoms with Crippen molar-refractivity contribution in [1.82, 2.24) is 10.2 Å². The van der Waals surface area contributed by atoms with Gasteiger partial charge in [0.05, 0.1) is 11.9 Å². The van der Waals surface area contributed by atoms with Crippen LogP contribution in [-0.4, -0.2) is 44.6 Å². The average molecular weight is 430 g/mol. The zero-order valence-corrected chi connectivity index (χ0v) is 18.6. The molecule has 0 bridgehead atoms. The van der Waals surface area contributed by atoms with E-state index in [1.54, 1.807) is 24.3 Å². The SMILES string of the molecule is CC[C@H](C(=O)NCc1ccc(CN2CCCC2)cc1)N(c1ccccc1)S(C)(=O)=O. The lowest BCUT2D eigenvalue weighted by Gasteiger charge is -2.30. The maximum absolute atomic E-state index is 12.9. The van der Waals surface area contributed by atoms with Crippen molar-refractivity contribution in [2.45, 2.75) is 45.3 Å². The number of sulfonamides is 1. The smallest absolute Gasteiger partial charge is 0.244 e. The number of hydrogen-bond acceptors (Lipinski definition) is 4. The minimum atomic E-state index is -3.61. The number of rotatable bonds is 9. The molecule has 0 saturated carbocycles. The molecule has 0 unspecified atom stereocenters. The van der Waals surface area contributed by atoms with Crippen LogP contribution in [0, 0.1) is 0 Å². The lowest BCUT2D eigenvalue weighted by Crippen LogP contribution is -2.49. The quantitative estimate of drug-likeness (QED) is 0.665. The molecule has 6 nitrogen and oxygen atoms in total. The van der Waals surface area contributed by atoms with Gasteiger partial charge in [0, 0.05) is 13.1 Å². The van der Waals surface area contributed by atoms with Crippen LogP contribution < -0.4 is 9.62 Å². The van der Waals surface area contributed by atoms with Crippen LogP contribution in [0.5, 0.6) is 0 Å². The number of carbonyl (C=O) groups excluding carboxylic acids is 1. The number of carbonyl (C=O) groups is 1. The first-order valence-corrected chi connectivity index (χ1v) is 12.4. The average Bonchev–Trinajstić information content (AvgIpc) is 3.24. The summed E-state index contributed by atoms with van der Waals surface area (Å²) in [5.74, 6) is -0.298. The molecule has 1 aliphatic rings. The normalized spacial score (nSPS) is 15.7. The molecule has 2 aromatic rings. The monoisotopic (exact) mass is 429 g/mol. The summed E-state index contributed by atoms with van der Waals surface area (Å²) in [6.45, 7) is 5.47. The number of nitrogens with one attached hydrogen (secondary N) is 1. The second-order valence-corrected chi connectivity index (χ2v) is 9.70. The molecular formula is C23H31N3O3S. The molecule has 0 radical (unpaired) electrons. The Labute approximate surface area is 179 Å². The van der Waals surface area contributed by atoms with Crippen LogP contribution >= 0.6 is 0 Å². The van der Waals surface area contributed by atoms with Crippen LogP contribution in [-0.2, 0) is 27.9 Å². The number of amides is 1. The third-order valence-corrected chi connectivity index (χ3v) is 6.61. The summed E-state index contributed by atoms with van der Waals surface area (Å²) in [6, 6.07) is 16.2. The zero-order chi connectivity index (χ0) is 21.6. The van der Waals surface area contributed by atoms with E-state index in [1.807, 2.05) is 25.1 Å². The van der Waals surface area contributed by atoms with Gasteiger partial charge in [-0.3, -0.25) is 14.0 Å². The van der Waals surface area contributed by atoms with Crippen molar-refractivity contribution < 1.29 is 13.2 Å². The summed E-state index contributed by atoms with van der Waals surface area (Å²) in [5.41, 5.74) is 2.76. The molecule has 0 spiro atoms. The number of nitrogens with zero attached hydrogens (tertiary/aromatic N) is 2. The minimum absolute atomic E-state index is 0.298. The Kier molecular flexibility index (Phi) is 7.50. The number of likely N-dealkylation sites (tertiary alicyclic amines) is 1. The third-order valence-electron chi connectivity index (χ3n) is 5.43. The van der Waals surface area contributed by atoms with Gasteiger partial charge in [0.15, 0.2) is 0 Å². The van der Waals surface area contributed by atoms with E-state index >= 15 is 0 Å². The molecule has 1 N–H and O–H groups in total. The van der Waals surface area contributed by atoms with Crippen molar-refractivity contribution in [1.29, 1.82) is 0 Å². The summed E-state index contributed by atoms with van der Waals surface area (Å²) >= 11 is 0. The molecule has 0 aromatic heterocycles. The summed E-state index contributed by atoms with van der Waals surface area (Å²) < 4.78 is 26.1. The van der Waals surface area contributed by atoms with E-state index in [1.165, 1.54) is 22.7 Å². The highest BCUT2D eigenvalue weighted by molar-refractivity contribution is 7.92. The number of anilines is 1. The van der Waals surface area contributed by atoms with E-state index in [0.29, 0.717) is 18.7 Å². The Morgan fingerprint density at radius 3 is 2.20 bits per heavy atom. The van der Waals surface area contributed by atoms with Gasteiger partial charge in [-0.2, -0.15) is 0 Å². The number of benzene rings is 2. The van der Waals surface area contributed by atoms with Crippen LogP contribution in [0.4, 0.5) is 5.69 Å². The van der Waals surface area contributed by atoms with Gasteiger partial charge in [-0.1, -0.05) is 49.4 Å². The second-order valence-electron chi connectivity index (χ2n) is 7.84. The first-order valence-electron chi connectivity index (χ1n) is 10.5. The fraction of sp³-hybridized carbons (Fsp3) is 0.435. The fourth-order valence-corrected chi connectivity index (χ4v) is 5.12. The highest BCUT2D eigenvalue weighted by Gasteiger charge is 2.31. The molecular weight excluding hydrogens is 398 g/mol. The molecule has 1 aliphatic heterocycles. The van der Waals surface area contributed by atoms with Gasteiger partial charge in [0.25, 0.3) is 0 Å². The van der Waals surface area contributed by atoms with Crippen LogP contribution in [0.1, 0.15) is 37.3 Å². The molecule has 162 valence electrons. The molecule has 7 heteroatoms. The second kappa shape index (κ2) is 10.1. The molecule has 1 amide bonds. The third kappa shape index (κ3) is 5.83. The van der Waals surface area contributed by atoms with Crippen LogP contribution in [0.2, 0.25) is 0 Å². The largest absolute Gasteiger partial charge is 0.350 e. The predicted octanol–water partition coefficient (Wildman–Crippen LogP) is 3.14. The number of para-hydroxylation sites is 1. The van der Waals surface area contributed by atoms with E-state index in [4.69, 9.17) is 0 Å². The highest BCUT2D eigenvalue weighted by atomic mass is 32.2. The van der Waals surface area contributed by atoms with Gasteiger partial charge >= 0.3 is 0 Å². The van der Waals surface area contributed by atoms with Gasteiger partial charge in [-0.15, -0.1) is 0 Å². The lowest BCUT2D eigenvalue weighted by atomic mass is 10.1. The summed E-state index contributed by atoms with van der Waals surface area (Å²) in [6.07, 6.45) is 4.06. The summed E-state index contributed by atoms with van der Waals surface area (Å²) in [5, 5.41) is 2.91. The minimum Gasteiger partial charge on any atom is -0.350 e. The van der Waals surface area contributed by atoms with E-state index in [-0.39, 0.29) is 5.91 Å². The molecule has 1 atom stereocenters. The van der Waals surface area contributed by atoms with Crippen molar-refractivity contribution in [3.05, 3.63) is 65.7 Å². The number of hydrogen-bond donors (Lipinski definition) is 1. The van der Waals surface area contributed by atoms with E-state index in [0.717, 1.165) is 31.5 Å². The van der Waals surface area contributed by atoms with E-state index in [2.05, 4.69) is 22.3 Å². The van der Waals surface area contributed by atoms with Crippen LogP contribution in [0.3, 0.4) is 0 Å². The Balaban J connectivity index is 1.64. The van der Waals surface area contributed by atoms with Gasteiger partial charge in [-0.25, -0.2) is 8.42 Å². The molecule has 1 heterocycles. The summed E-state index contributed by atoms with van der Waals surface area (Å²) in [7, 11) is -3.61. The Morgan fingerprint density at radius 2 is 1.63 bits per heavy atom. The van der Waals surface area contributed by atoms with E-state index in [9.17, 15) is 13.2 Å². The standard InChI is InChI=1S/C23H31N3O3S/c1-3-22(26(30(2,28)29)21-9-5-4-6-10-21)23(27)24-17-19-11-13-20(14-12-19)18-25-15-7-8-16-25/h4-6,9-14,22H,3,7-8,15-18H2,1-2H3,(H,24,27)/t22-/m1/s1. The first-order chi connectivity index (χ1) is 14.4. The van der Waals surface area contributed by atoms with Gasteiger partial charge in [0.1, 0.15) is 6.04 Å². The highest BCUT2D eigenvalue weighted by Crippen LogP contribution is 2.22. The van der Waals surface area contributed by atoms with Crippen molar-refractivity contribution in [2.24, 2.45) is 0 Å². The molecule has 1 fully saturated rings. The predicted molar refractivity (Wildman–Crippen MR) is 121 cm³/mol. The van der Waals surface area contributed by atoms with Gasteiger partial charge < -0.3 is 5.32 Å². The molecule has 1 saturated heterocycles. The Morgan fingerprint density at radius 1 is 1.03 bits per heavy atom.